The van der Waals surface area contributed by atoms with Crippen LogP contribution in [-0.2, 0) is 43.8 Å². The summed E-state index contributed by atoms with van der Waals surface area (Å²) in [6.07, 6.45) is 18.5. The molecule has 0 spiro atoms. The number of rotatable bonds is 24. The van der Waals surface area contributed by atoms with Gasteiger partial charge in [0.05, 0.1) is 29.3 Å². The van der Waals surface area contributed by atoms with Crippen molar-refractivity contribution in [1.82, 2.24) is 29.7 Å². The first-order chi connectivity index (χ1) is 42.5. The number of aryl methyl sites for hydroxylation is 2. The molecular formula is C75H78N6O6. The monoisotopic (exact) mass is 1160 g/mol. The Balaban J connectivity index is 0.890. The second-order valence-corrected chi connectivity index (χ2v) is 22.3. The highest BCUT2D eigenvalue weighted by atomic mass is 16.4. The fourth-order valence-electron chi connectivity index (χ4n) is 10.5. The first-order valence-corrected chi connectivity index (χ1v) is 30.7. The lowest BCUT2D eigenvalue weighted by molar-refractivity contribution is -0.138. The molecule has 4 heterocycles. The van der Waals surface area contributed by atoms with Crippen LogP contribution in [0.4, 0.5) is 0 Å². The Morgan fingerprint density at radius 1 is 0.379 bits per heavy atom. The van der Waals surface area contributed by atoms with Crippen molar-refractivity contribution in [2.45, 2.75) is 129 Å². The molecule has 87 heavy (non-hydrogen) atoms. The number of aromatic carboxylic acids is 2. The van der Waals surface area contributed by atoms with Gasteiger partial charge in [-0.1, -0.05) is 165 Å². The Morgan fingerprint density at radius 2 is 0.759 bits per heavy atom. The molecular weight excluding hydrogens is 1080 g/mol. The zero-order valence-corrected chi connectivity index (χ0v) is 49.9. The lowest BCUT2D eigenvalue weighted by Crippen LogP contribution is -2.41. The van der Waals surface area contributed by atoms with Crippen molar-refractivity contribution in [3.63, 3.8) is 0 Å². The molecule has 2 bridgehead atoms. The molecule has 0 unspecified atom stereocenters. The quantitative estimate of drug-likeness (QED) is 0.0389. The minimum absolute atomic E-state index is 0.123. The number of benzene rings is 4. The number of fused-ring (bicyclic) bond motifs is 2. The highest BCUT2D eigenvalue weighted by molar-refractivity contribution is 5.86. The molecule has 0 amide bonds. The Hall–Kier alpha value is -9.14. The van der Waals surface area contributed by atoms with E-state index < -0.39 is 17.9 Å². The minimum atomic E-state index is -1.18. The van der Waals surface area contributed by atoms with Gasteiger partial charge in [-0.05, 0) is 135 Å². The third-order valence-corrected chi connectivity index (χ3v) is 15.1. The average Bonchev–Trinajstić information content (AvgIpc) is 3.39. The van der Waals surface area contributed by atoms with E-state index >= 15 is 0 Å². The van der Waals surface area contributed by atoms with Crippen molar-refractivity contribution in [3.8, 4) is 47.4 Å². The molecule has 0 fully saturated rings. The van der Waals surface area contributed by atoms with E-state index in [1.54, 1.807) is 6.07 Å². The zero-order chi connectivity index (χ0) is 60.7. The maximum atomic E-state index is 12.5. The fourth-order valence-corrected chi connectivity index (χ4v) is 10.5. The Bertz CT molecular complexity index is 3620. The average molecular weight is 1160 g/mol. The van der Waals surface area contributed by atoms with Gasteiger partial charge < -0.3 is 15.3 Å². The summed E-state index contributed by atoms with van der Waals surface area (Å²) in [7, 11) is 0. The van der Waals surface area contributed by atoms with Crippen LogP contribution >= 0.6 is 0 Å². The molecule has 3 N–H and O–H groups in total. The van der Waals surface area contributed by atoms with Crippen LogP contribution in [0.25, 0.3) is 0 Å². The van der Waals surface area contributed by atoms with E-state index in [0.29, 0.717) is 67.5 Å². The van der Waals surface area contributed by atoms with Crippen molar-refractivity contribution in [1.29, 1.82) is 0 Å². The standard InChI is InChI=1S/C75H78N6O6/c82-73(83)58-81-49-47-79(56-69-50-65(52-71(77-69)74(84)85)44-42-63-38-34-61(35-39-63)30-17-11-7-3-1-5-9-15-24-59-26-19-13-20-27-59)46-48-80(54-67-32-23-33-68(55-81)76-67)57-70-51-66(53-72(78-70)75(86)87)45-43-64-40-36-62(37-41-64)31-18-12-8-4-2-6-10-16-25-60-28-21-14-22-29-60/h13-14,19-23,26-29,32-41,50-53H,1-12,15-16,24-25,46-49,54-58H2,(H,82,83)(H,84,85)(H,86,87). The molecule has 0 atom stereocenters. The van der Waals surface area contributed by atoms with Gasteiger partial charge in [0.2, 0.25) is 0 Å². The van der Waals surface area contributed by atoms with Crippen LogP contribution in [-0.4, -0.2) is 95.6 Å². The fraction of sp³-hybridized carbons (Fsp3) is 0.333. The van der Waals surface area contributed by atoms with E-state index in [1.807, 2.05) is 77.7 Å². The van der Waals surface area contributed by atoms with E-state index in [1.165, 1.54) is 87.5 Å². The molecule has 0 saturated heterocycles. The number of pyridine rings is 3. The Labute approximate surface area is 514 Å². The van der Waals surface area contributed by atoms with Crippen LogP contribution in [0.1, 0.15) is 178 Å². The highest BCUT2D eigenvalue weighted by Crippen LogP contribution is 2.18. The molecule has 12 heteroatoms. The van der Waals surface area contributed by atoms with Gasteiger partial charge in [0, 0.05) is 98.6 Å². The van der Waals surface area contributed by atoms with E-state index in [4.69, 9.17) is 4.98 Å². The summed E-state index contributed by atoms with van der Waals surface area (Å²) in [5.74, 6) is 22.6. The van der Waals surface area contributed by atoms with Crippen molar-refractivity contribution in [2.24, 2.45) is 0 Å². The third kappa shape index (κ3) is 23.7. The molecule has 3 aromatic heterocycles. The lowest BCUT2D eigenvalue weighted by atomic mass is 10.0. The molecule has 444 valence electrons. The van der Waals surface area contributed by atoms with Crippen LogP contribution < -0.4 is 0 Å². The van der Waals surface area contributed by atoms with Crippen molar-refractivity contribution in [2.75, 3.05) is 32.7 Å². The summed E-state index contributed by atoms with van der Waals surface area (Å²) in [6.45, 7) is 2.68. The molecule has 0 saturated carbocycles. The maximum Gasteiger partial charge on any atom is 0.354 e. The summed E-state index contributed by atoms with van der Waals surface area (Å²) in [5.41, 5.74) is 9.38. The van der Waals surface area contributed by atoms with Gasteiger partial charge >= 0.3 is 17.9 Å². The highest BCUT2D eigenvalue weighted by Gasteiger charge is 2.21. The summed E-state index contributed by atoms with van der Waals surface area (Å²) in [5, 5.41) is 30.3. The van der Waals surface area contributed by atoms with Crippen LogP contribution in [0, 0.1) is 47.4 Å². The summed E-state index contributed by atoms with van der Waals surface area (Å²) >= 11 is 0. The minimum Gasteiger partial charge on any atom is -0.480 e. The Kier molecular flexibility index (Phi) is 26.0. The van der Waals surface area contributed by atoms with E-state index in [0.717, 1.165) is 66.5 Å². The molecule has 4 aromatic carbocycles. The molecule has 8 rings (SSSR count). The zero-order valence-electron chi connectivity index (χ0n) is 49.9. The maximum absolute atomic E-state index is 12.5. The van der Waals surface area contributed by atoms with Gasteiger partial charge in [0.25, 0.3) is 0 Å². The van der Waals surface area contributed by atoms with Crippen molar-refractivity contribution in [3.05, 3.63) is 230 Å². The smallest absolute Gasteiger partial charge is 0.354 e. The molecule has 0 aliphatic carbocycles. The van der Waals surface area contributed by atoms with Gasteiger partial charge in [-0.25, -0.2) is 19.6 Å². The number of hydrogen-bond donors (Lipinski definition) is 3. The first kappa shape index (κ1) is 63.9. The second-order valence-electron chi connectivity index (χ2n) is 22.3. The van der Waals surface area contributed by atoms with Gasteiger partial charge in [-0.3, -0.25) is 24.5 Å². The Morgan fingerprint density at radius 3 is 1.21 bits per heavy atom. The number of carbonyl (C=O) groups is 3. The number of unbranched alkanes of at least 4 members (excludes halogenated alkanes) is 12. The number of aliphatic carboxylic acids is 1. The molecule has 0 radical (unpaired) electrons. The van der Waals surface area contributed by atoms with Gasteiger partial charge in [0.1, 0.15) is 11.4 Å². The number of carboxylic acids is 3. The van der Waals surface area contributed by atoms with Gasteiger partial charge in [-0.2, -0.15) is 0 Å². The number of carboxylic acid groups (broad SMARTS) is 3. The summed E-state index contributed by atoms with van der Waals surface area (Å²) in [4.78, 5) is 57.2. The van der Waals surface area contributed by atoms with Crippen molar-refractivity contribution >= 4 is 17.9 Å². The van der Waals surface area contributed by atoms with Crippen LogP contribution in [0.5, 0.6) is 0 Å². The summed E-state index contributed by atoms with van der Waals surface area (Å²) in [6, 6.07) is 49.1. The molecule has 7 aromatic rings. The topological polar surface area (TPSA) is 160 Å². The SMILES string of the molecule is O=C(O)CN1CCN(Cc2cc(C#Cc3ccc(C#CCCCCCCCCc4ccccc4)cc3)cc(C(=O)O)n2)CCN(Cc2cc(C#Cc3ccc(C#CCCCCCCCCc4ccccc4)cc3)cc(C(=O)O)n2)Cc2cccc(n2)C1. The van der Waals surface area contributed by atoms with E-state index in [-0.39, 0.29) is 31.0 Å². The predicted octanol–water partition coefficient (Wildman–Crippen LogP) is 13.1. The molecule has 12 nitrogen and oxygen atoms in total. The number of aromatic nitrogens is 3. The molecule has 1 aliphatic heterocycles. The van der Waals surface area contributed by atoms with Crippen molar-refractivity contribution < 1.29 is 29.7 Å². The van der Waals surface area contributed by atoms with E-state index in [9.17, 15) is 29.7 Å². The van der Waals surface area contributed by atoms with Crippen LogP contribution in [0.3, 0.4) is 0 Å². The summed E-state index contributed by atoms with van der Waals surface area (Å²) < 4.78 is 0. The van der Waals surface area contributed by atoms with E-state index in [2.05, 4.69) is 128 Å². The van der Waals surface area contributed by atoms with Gasteiger partial charge in [-0.15, -0.1) is 0 Å². The molecule has 1 aliphatic rings. The predicted molar refractivity (Wildman–Crippen MR) is 342 cm³/mol. The normalized spacial score (nSPS) is 12.7. The largest absolute Gasteiger partial charge is 0.480 e. The second kappa shape index (κ2) is 35.3. The van der Waals surface area contributed by atoms with Crippen LogP contribution in [0.15, 0.2) is 152 Å². The first-order valence-electron chi connectivity index (χ1n) is 30.7. The number of hydrogen-bond acceptors (Lipinski definition) is 9. The van der Waals surface area contributed by atoms with Crippen LogP contribution in [0.2, 0.25) is 0 Å². The number of nitrogens with zero attached hydrogens (tertiary/aromatic N) is 6. The third-order valence-electron chi connectivity index (χ3n) is 15.1. The van der Waals surface area contributed by atoms with Gasteiger partial charge in [0.15, 0.2) is 0 Å². The lowest BCUT2D eigenvalue weighted by Gasteiger charge is -2.30.